The third-order valence-electron chi connectivity index (χ3n) is 2.12. The molecule has 0 aliphatic heterocycles. The molecule has 0 heterocycles. The van der Waals surface area contributed by atoms with E-state index in [0.29, 0.717) is 0 Å². The summed E-state index contributed by atoms with van der Waals surface area (Å²) in [6.07, 6.45) is -0.781. The Bertz CT molecular complexity index is 159. The summed E-state index contributed by atoms with van der Waals surface area (Å²) in [5.41, 5.74) is 9.27. The minimum Gasteiger partial charge on any atom is -0.394 e. The fourth-order valence-corrected chi connectivity index (χ4v) is 0.845. The van der Waals surface area contributed by atoms with Crippen LogP contribution in [-0.4, -0.2) is 45.7 Å². The van der Waals surface area contributed by atoms with Crippen molar-refractivity contribution in [3.05, 3.63) is 0 Å². The highest BCUT2D eigenvalue weighted by Gasteiger charge is 2.32. The molecule has 5 nitrogen and oxygen atoms in total. The molecule has 0 saturated carbocycles. The summed E-state index contributed by atoms with van der Waals surface area (Å²) in [6, 6.07) is 0. The van der Waals surface area contributed by atoms with Gasteiger partial charge in [-0.25, -0.2) is 0 Å². The first-order valence-corrected chi connectivity index (χ1v) is 4.23. The van der Waals surface area contributed by atoms with Gasteiger partial charge in [-0.3, -0.25) is 0 Å². The summed E-state index contributed by atoms with van der Waals surface area (Å²) in [7, 11) is 0. The average Bonchev–Trinajstić information content (AvgIpc) is 2.04. The molecule has 3 atom stereocenters. The van der Waals surface area contributed by atoms with Crippen molar-refractivity contribution in [2.45, 2.75) is 37.5 Å². The summed E-state index contributed by atoms with van der Waals surface area (Å²) in [5, 5.41) is 27.3. The molecule has 0 aliphatic carbocycles. The third-order valence-corrected chi connectivity index (χ3v) is 2.12. The zero-order valence-corrected chi connectivity index (χ0v) is 8.20. The summed E-state index contributed by atoms with van der Waals surface area (Å²) in [5.74, 6) is 0. The lowest BCUT2D eigenvalue weighted by Gasteiger charge is -2.33. The van der Waals surface area contributed by atoms with Crippen LogP contribution in [0.4, 0.5) is 0 Å². The van der Waals surface area contributed by atoms with E-state index in [1.807, 2.05) is 0 Å². The van der Waals surface area contributed by atoms with Gasteiger partial charge in [-0.15, -0.1) is 0 Å². The molecule has 5 heteroatoms. The maximum Gasteiger partial charge on any atom is 0.0757 e. The van der Waals surface area contributed by atoms with Crippen LogP contribution in [0, 0.1) is 0 Å². The van der Waals surface area contributed by atoms with E-state index < -0.39 is 17.2 Å². The van der Waals surface area contributed by atoms with E-state index in [4.69, 9.17) is 21.7 Å². The number of hydrogen-bond acceptors (Lipinski definition) is 5. The second-order valence-corrected chi connectivity index (χ2v) is 4.20. The van der Waals surface area contributed by atoms with Crippen LogP contribution in [0.25, 0.3) is 0 Å². The minimum absolute atomic E-state index is 0.150. The predicted octanol–water partition coefficient (Wildman–Crippen LogP) is -1.84. The van der Waals surface area contributed by atoms with Crippen molar-refractivity contribution in [3.8, 4) is 0 Å². The highest BCUT2D eigenvalue weighted by molar-refractivity contribution is 4.92. The molecule has 0 aromatic heterocycles. The van der Waals surface area contributed by atoms with Crippen molar-refractivity contribution < 1.29 is 15.3 Å². The van der Waals surface area contributed by atoms with E-state index in [2.05, 4.69) is 0 Å². The standard InChI is InChI=1S/C8H20N2O3/c1-7(9,4-11)3-6(13)8(2,10)5-12/h6,11-13H,3-5,9-10H2,1-2H3. The van der Waals surface area contributed by atoms with Gasteiger partial charge in [0.1, 0.15) is 0 Å². The van der Waals surface area contributed by atoms with Crippen molar-refractivity contribution in [3.63, 3.8) is 0 Å². The number of nitrogens with two attached hydrogens (primary N) is 2. The maximum atomic E-state index is 9.57. The molecule has 0 aromatic rings. The normalized spacial score (nSPS) is 23.3. The van der Waals surface area contributed by atoms with Crippen LogP contribution in [0.1, 0.15) is 20.3 Å². The zero-order valence-electron chi connectivity index (χ0n) is 8.20. The zero-order chi connectivity index (χ0) is 10.7. The van der Waals surface area contributed by atoms with Crippen molar-refractivity contribution in [1.29, 1.82) is 0 Å². The van der Waals surface area contributed by atoms with E-state index in [1.54, 1.807) is 6.92 Å². The average molecular weight is 192 g/mol. The SMILES string of the molecule is CC(N)(CO)CC(O)C(C)(N)CO. The summed E-state index contributed by atoms with van der Waals surface area (Å²) >= 11 is 0. The van der Waals surface area contributed by atoms with Gasteiger partial charge >= 0.3 is 0 Å². The predicted molar refractivity (Wildman–Crippen MR) is 50.0 cm³/mol. The van der Waals surface area contributed by atoms with E-state index in [-0.39, 0.29) is 19.6 Å². The first-order chi connectivity index (χ1) is 5.75. The number of aliphatic hydroxyl groups is 3. The van der Waals surface area contributed by atoms with Crippen molar-refractivity contribution in [2.75, 3.05) is 13.2 Å². The third kappa shape index (κ3) is 4.02. The van der Waals surface area contributed by atoms with Gasteiger partial charge in [-0.05, 0) is 20.3 Å². The Balaban J connectivity index is 4.22. The fraction of sp³-hybridized carbons (Fsp3) is 1.00. The minimum atomic E-state index is -1.07. The molecule has 0 amide bonds. The van der Waals surface area contributed by atoms with Crippen LogP contribution >= 0.6 is 0 Å². The Hall–Kier alpha value is -0.200. The molecule has 0 spiro atoms. The second-order valence-electron chi connectivity index (χ2n) is 4.20. The molecule has 0 aliphatic rings. The number of aliphatic hydroxyl groups excluding tert-OH is 3. The van der Waals surface area contributed by atoms with Gasteiger partial charge in [0.2, 0.25) is 0 Å². The first kappa shape index (κ1) is 12.8. The van der Waals surface area contributed by atoms with Crippen molar-refractivity contribution in [1.82, 2.24) is 0 Å². The van der Waals surface area contributed by atoms with Crippen molar-refractivity contribution in [2.24, 2.45) is 11.5 Å². The molecule has 7 N–H and O–H groups in total. The van der Waals surface area contributed by atoms with Gasteiger partial charge in [0, 0.05) is 5.54 Å². The Morgan fingerprint density at radius 3 is 1.92 bits per heavy atom. The van der Waals surface area contributed by atoms with Gasteiger partial charge in [-0.2, -0.15) is 0 Å². The molecule has 0 saturated heterocycles. The summed E-state index contributed by atoms with van der Waals surface area (Å²) in [4.78, 5) is 0. The van der Waals surface area contributed by atoms with E-state index in [1.165, 1.54) is 6.92 Å². The highest BCUT2D eigenvalue weighted by Crippen LogP contribution is 2.16. The van der Waals surface area contributed by atoms with Gasteiger partial charge in [-0.1, -0.05) is 0 Å². The quantitative estimate of drug-likeness (QED) is 0.351. The van der Waals surface area contributed by atoms with Crippen LogP contribution in [-0.2, 0) is 0 Å². The largest absolute Gasteiger partial charge is 0.394 e. The number of rotatable bonds is 5. The Labute approximate surface area is 78.4 Å². The van der Waals surface area contributed by atoms with Crippen LogP contribution < -0.4 is 11.5 Å². The van der Waals surface area contributed by atoms with Crippen LogP contribution in [0.5, 0.6) is 0 Å². The van der Waals surface area contributed by atoms with Gasteiger partial charge in [0.15, 0.2) is 0 Å². The molecule has 0 rings (SSSR count). The topological polar surface area (TPSA) is 113 Å². The van der Waals surface area contributed by atoms with E-state index in [0.717, 1.165) is 0 Å². The van der Waals surface area contributed by atoms with Crippen LogP contribution in [0.2, 0.25) is 0 Å². The fourth-order valence-electron chi connectivity index (χ4n) is 0.845. The van der Waals surface area contributed by atoms with Gasteiger partial charge < -0.3 is 26.8 Å². The lowest BCUT2D eigenvalue weighted by molar-refractivity contribution is 0.0245. The Kier molecular flexibility index (Phi) is 4.28. The summed E-state index contributed by atoms with van der Waals surface area (Å²) in [6.45, 7) is 2.59. The monoisotopic (exact) mass is 192 g/mol. The molecule has 0 bridgehead atoms. The smallest absolute Gasteiger partial charge is 0.0757 e. The Morgan fingerprint density at radius 2 is 1.62 bits per heavy atom. The first-order valence-electron chi connectivity index (χ1n) is 4.23. The lowest BCUT2D eigenvalue weighted by Crippen LogP contribution is -2.56. The molecule has 0 radical (unpaired) electrons. The Morgan fingerprint density at radius 1 is 1.15 bits per heavy atom. The molecule has 0 fully saturated rings. The van der Waals surface area contributed by atoms with Gasteiger partial charge in [0.25, 0.3) is 0 Å². The van der Waals surface area contributed by atoms with Gasteiger partial charge in [0.05, 0.1) is 24.9 Å². The molecule has 13 heavy (non-hydrogen) atoms. The van der Waals surface area contributed by atoms with E-state index in [9.17, 15) is 5.11 Å². The van der Waals surface area contributed by atoms with Crippen LogP contribution in [0.15, 0.2) is 0 Å². The van der Waals surface area contributed by atoms with Crippen LogP contribution in [0.3, 0.4) is 0 Å². The second kappa shape index (κ2) is 4.34. The molecular weight excluding hydrogens is 172 g/mol. The molecule has 80 valence electrons. The highest BCUT2D eigenvalue weighted by atomic mass is 16.3. The summed E-state index contributed by atoms with van der Waals surface area (Å²) < 4.78 is 0. The number of hydrogen-bond donors (Lipinski definition) is 5. The van der Waals surface area contributed by atoms with Crippen molar-refractivity contribution >= 4 is 0 Å². The molecular formula is C8H20N2O3. The maximum absolute atomic E-state index is 9.57. The molecule has 0 aromatic carbocycles. The lowest BCUT2D eigenvalue weighted by atomic mass is 9.86. The molecule has 3 unspecified atom stereocenters. The van der Waals surface area contributed by atoms with E-state index >= 15 is 0 Å².